The van der Waals surface area contributed by atoms with Crippen LogP contribution in [-0.4, -0.2) is 53.5 Å². The molecule has 1 aromatic heterocycles. The summed E-state index contributed by atoms with van der Waals surface area (Å²) in [4.78, 5) is 17.1. The van der Waals surface area contributed by atoms with Crippen LogP contribution in [0.4, 0.5) is 16.2 Å². The molecule has 0 radical (unpaired) electrons. The van der Waals surface area contributed by atoms with Crippen LogP contribution in [0.15, 0.2) is 36.7 Å². The number of aromatic amines is 1. The number of carbonyl (C=O) groups excluding carboxylic acids is 1. The maximum Gasteiger partial charge on any atom is 0.322 e. The van der Waals surface area contributed by atoms with Crippen molar-refractivity contribution in [3.8, 4) is 0 Å². The van der Waals surface area contributed by atoms with Gasteiger partial charge >= 0.3 is 6.03 Å². The van der Waals surface area contributed by atoms with Crippen molar-refractivity contribution < 1.29 is 9.53 Å². The van der Waals surface area contributed by atoms with Gasteiger partial charge in [-0.1, -0.05) is 0 Å². The summed E-state index contributed by atoms with van der Waals surface area (Å²) in [6.07, 6.45) is 7.09. The minimum Gasteiger partial charge on any atom is -0.375 e. The second kappa shape index (κ2) is 8.00. The number of aromatic nitrogens is 2. The molecule has 2 saturated heterocycles. The number of ether oxygens (including phenoxy) is 1. The van der Waals surface area contributed by atoms with Gasteiger partial charge in [0.2, 0.25) is 0 Å². The van der Waals surface area contributed by atoms with E-state index in [4.69, 9.17) is 4.74 Å². The van der Waals surface area contributed by atoms with Gasteiger partial charge in [-0.15, -0.1) is 0 Å². The van der Waals surface area contributed by atoms with E-state index in [1.165, 1.54) is 0 Å². The molecule has 144 valence electrons. The molecule has 2 N–H and O–H groups in total. The van der Waals surface area contributed by atoms with Gasteiger partial charge < -0.3 is 19.9 Å². The Balaban J connectivity index is 1.41. The Bertz CT molecular complexity index is 746. The molecule has 4 rings (SSSR count). The summed E-state index contributed by atoms with van der Waals surface area (Å²) < 4.78 is 5.60. The molecule has 7 heteroatoms. The largest absolute Gasteiger partial charge is 0.375 e. The van der Waals surface area contributed by atoms with Crippen molar-refractivity contribution in [1.29, 1.82) is 0 Å². The van der Waals surface area contributed by atoms with Gasteiger partial charge in [0.1, 0.15) is 0 Å². The number of amides is 2. The molecule has 0 bridgehead atoms. The zero-order valence-electron chi connectivity index (χ0n) is 15.7. The van der Waals surface area contributed by atoms with Crippen molar-refractivity contribution in [2.24, 2.45) is 0 Å². The van der Waals surface area contributed by atoms with E-state index in [-0.39, 0.29) is 18.2 Å². The number of anilines is 2. The molecule has 1 aromatic carbocycles. The summed E-state index contributed by atoms with van der Waals surface area (Å²) in [5.74, 6) is 0. The zero-order chi connectivity index (χ0) is 18.6. The molecular weight excluding hydrogens is 342 g/mol. The number of urea groups is 1. The normalized spacial score (nSPS) is 23.3. The Labute approximate surface area is 159 Å². The van der Waals surface area contributed by atoms with Crippen molar-refractivity contribution in [3.05, 3.63) is 42.2 Å². The number of benzene rings is 1. The molecule has 2 aromatic rings. The van der Waals surface area contributed by atoms with Crippen molar-refractivity contribution >= 4 is 17.4 Å². The maximum absolute atomic E-state index is 12.9. The fourth-order valence-corrected chi connectivity index (χ4v) is 3.97. The van der Waals surface area contributed by atoms with Crippen LogP contribution < -0.4 is 10.2 Å². The second-order valence-corrected chi connectivity index (χ2v) is 7.34. The number of carbonyl (C=O) groups is 1. The first kappa shape index (κ1) is 17.9. The molecule has 2 aliphatic rings. The number of H-pyrrole nitrogens is 1. The number of hydrogen-bond donors (Lipinski definition) is 2. The SMILES string of the molecule is CC1CN(c2ccc(NC(=O)N3CCCCC3c3cn[nH]c3)cc2)CCO1. The quantitative estimate of drug-likeness (QED) is 0.870. The lowest BCUT2D eigenvalue weighted by Crippen LogP contribution is -2.41. The fourth-order valence-electron chi connectivity index (χ4n) is 3.97. The highest BCUT2D eigenvalue weighted by Gasteiger charge is 2.28. The standard InChI is InChI=1S/C20H27N5O2/c1-15-14-24(10-11-27-15)18-7-5-17(6-8-18)23-20(26)25-9-3-2-4-19(25)16-12-21-22-13-16/h5-8,12-13,15,19H,2-4,9-11,14H2,1H3,(H,21,22)(H,23,26). The lowest BCUT2D eigenvalue weighted by atomic mass is 9.98. The van der Waals surface area contributed by atoms with E-state index in [0.717, 1.165) is 62.4 Å². The predicted octanol–water partition coefficient (Wildman–Crippen LogP) is 3.39. The minimum absolute atomic E-state index is 0.0476. The zero-order valence-corrected chi connectivity index (χ0v) is 15.7. The summed E-state index contributed by atoms with van der Waals surface area (Å²) in [6.45, 7) is 5.41. The molecule has 3 heterocycles. The Morgan fingerprint density at radius 3 is 2.85 bits per heavy atom. The molecule has 2 fully saturated rings. The summed E-state index contributed by atoms with van der Waals surface area (Å²) in [5.41, 5.74) is 3.06. The Kier molecular flexibility index (Phi) is 5.29. The van der Waals surface area contributed by atoms with E-state index in [1.54, 1.807) is 0 Å². The molecule has 2 amide bonds. The van der Waals surface area contributed by atoms with E-state index in [0.29, 0.717) is 0 Å². The van der Waals surface area contributed by atoms with E-state index in [1.807, 2.05) is 29.4 Å². The Hall–Kier alpha value is -2.54. The van der Waals surface area contributed by atoms with Crippen LogP contribution >= 0.6 is 0 Å². The van der Waals surface area contributed by atoms with Gasteiger partial charge in [0, 0.05) is 42.8 Å². The van der Waals surface area contributed by atoms with Gasteiger partial charge in [-0.05, 0) is 50.5 Å². The lowest BCUT2D eigenvalue weighted by molar-refractivity contribution is 0.0532. The van der Waals surface area contributed by atoms with Gasteiger partial charge in [-0.25, -0.2) is 4.79 Å². The Morgan fingerprint density at radius 1 is 1.26 bits per heavy atom. The number of morpholine rings is 1. The van der Waals surface area contributed by atoms with Crippen LogP contribution in [0.5, 0.6) is 0 Å². The lowest BCUT2D eigenvalue weighted by Gasteiger charge is -2.35. The molecule has 7 nitrogen and oxygen atoms in total. The van der Waals surface area contributed by atoms with Gasteiger partial charge in [0.05, 0.1) is 24.9 Å². The third-order valence-electron chi connectivity index (χ3n) is 5.39. The van der Waals surface area contributed by atoms with Crippen LogP contribution in [0.25, 0.3) is 0 Å². The van der Waals surface area contributed by atoms with Crippen molar-refractivity contribution in [3.63, 3.8) is 0 Å². The molecule has 2 atom stereocenters. The molecule has 0 aliphatic carbocycles. The minimum atomic E-state index is -0.0476. The maximum atomic E-state index is 12.9. The van der Waals surface area contributed by atoms with Crippen LogP contribution in [0.3, 0.4) is 0 Å². The first-order valence-corrected chi connectivity index (χ1v) is 9.73. The van der Waals surface area contributed by atoms with E-state index >= 15 is 0 Å². The van der Waals surface area contributed by atoms with Gasteiger partial charge in [0.15, 0.2) is 0 Å². The van der Waals surface area contributed by atoms with Gasteiger partial charge in [-0.3, -0.25) is 5.10 Å². The van der Waals surface area contributed by atoms with Crippen LogP contribution in [-0.2, 0) is 4.74 Å². The van der Waals surface area contributed by atoms with Crippen molar-refractivity contribution in [2.75, 3.05) is 36.5 Å². The summed E-state index contributed by atoms with van der Waals surface area (Å²) in [6, 6.07) is 8.13. The van der Waals surface area contributed by atoms with Crippen molar-refractivity contribution in [1.82, 2.24) is 15.1 Å². The smallest absolute Gasteiger partial charge is 0.322 e. The Morgan fingerprint density at radius 2 is 2.11 bits per heavy atom. The summed E-state index contributed by atoms with van der Waals surface area (Å²) in [5, 5.41) is 9.95. The highest BCUT2D eigenvalue weighted by atomic mass is 16.5. The monoisotopic (exact) mass is 369 g/mol. The topological polar surface area (TPSA) is 73.5 Å². The van der Waals surface area contributed by atoms with Crippen molar-refractivity contribution in [2.45, 2.75) is 38.3 Å². The number of piperidine rings is 1. The molecule has 0 spiro atoms. The second-order valence-electron chi connectivity index (χ2n) is 7.34. The molecule has 0 saturated carbocycles. The van der Waals surface area contributed by atoms with Crippen LogP contribution in [0.1, 0.15) is 37.8 Å². The molecule has 2 aliphatic heterocycles. The highest BCUT2D eigenvalue weighted by molar-refractivity contribution is 5.90. The van der Waals surface area contributed by atoms with Gasteiger partial charge in [0.25, 0.3) is 0 Å². The summed E-state index contributed by atoms with van der Waals surface area (Å²) in [7, 11) is 0. The van der Waals surface area contributed by atoms with Crippen LogP contribution in [0, 0.1) is 0 Å². The molecule has 27 heavy (non-hydrogen) atoms. The highest BCUT2D eigenvalue weighted by Crippen LogP contribution is 2.31. The number of hydrogen-bond acceptors (Lipinski definition) is 4. The molecular formula is C20H27N5O2. The molecule has 2 unspecified atom stereocenters. The first-order valence-electron chi connectivity index (χ1n) is 9.73. The third-order valence-corrected chi connectivity index (χ3v) is 5.39. The van der Waals surface area contributed by atoms with Crippen LogP contribution in [0.2, 0.25) is 0 Å². The van der Waals surface area contributed by atoms with Gasteiger partial charge in [-0.2, -0.15) is 5.10 Å². The number of nitrogens with one attached hydrogen (secondary N) is 2. The summed E-state index contributed by atoms with van der Waals surface area (Å²) >= 11 is 0. The van der Waals surface area contributed by atoms with E-state index in [2.05, 4.69) is 39.5 Å². The predicted molar refractivity (Wildman–Crippen MR) is 105 cm³/mol. The van der Waals surface area contributed by atoms with E-state index < -0.39 is 0 Å². The number of nitrogens with zero attached hydrogens (tertiary/aromatic N) is 3. The number of rotatable bonds is 3. The van der Waals surface area contributed by atoms with E-state index in [9.17, 15) is 4.79 Å². The third kappa shape index (κ3) is 4.08. The average Bonchev–Trinajstić information content (AvgIpc) is 3.23. The fraction of sp³-hybridized carbons (Fsp3) is 0.500. The first-order chi connectivity index (χ1) is 13.2. The number of likely N-dealkylation sites (tertiary alicyclic amines) is 1. The average molecular weight is 369 g/mol.